The summed E-state index contributed by atoms with van der Waals surface area (Å²) < 4.78 is 5.41. The summed E-state index contributed by atoms with van der Waals surface area (Å²) in [6, 6.07) is 0. The lowest BCUT2D eigenvalue weighted by Gasteiger charge is -2.11. The summed E-state index contributed by atoms with van der Waals surface area (Å²) >= 11 is 0. The van der Waals surface area contributed by atoms with E-state index in [2.05, 4.69) is 12.2 Å². The molecular weight excluding hydrogens is 342 g/mol. The largest absolute Gasteiger partial charge is 0.480 e. The van der Waals surface area contributed by atoms with Crippen molar-refractivity contribution >= 4 is 18.4 Å². The van der Waals surface area contributed by atoms with Crippen molar-refractivity contribution in [1.82, 2.24) is 5.32 Å². The maximum Gasteiger partial charge on any atom is 0.317 e. The second-order valence-electron chi connectivity index (χ2n) is 6.64. The van der Waals surface area contributed by atoms with Crippen molar-refractivity contribution in [3.8, 4) is 0 Å². The van der Waals surface area contributed by atoms with Gasteiger partial charge < -0.3 is 20.3 Å². The van der Waals surface area contributed by atoms with Crippen molar-refractivity contribution in [3.05, 3.63) is 0 Å². The molecule has 0 spiro atoms. The van der Waals surface area contributed by atoms with Gasteiger partial charge in [-0.05, 0) is 6.42 Å². The molecule has 0 amide bonds. The molecule has 0 aromatic carbocycles. The molecule has 0 aliphatic heterocycles. The first-order chi connectivity index (χ1) is 11.7. The Morgan fingerprint density at radius 2 is 1.40 bits per heavy atom. The van der Waals surface area contributed by atoms with Crippen molar-refractivity contribution in [2.75, 3.05) is 26.3 Å². The summed E-state index contributed by atoms with van der Waals surface area (Å²) in [4.78, 5) is 10.3. The lowest BCUT2D eigenvalue weighted by atomic mass is 10.1. The number of unbranched alkanes of at least 4 members (excludes halogenated alkanes) is 11. The van der Waals surface area contributed by atoms with Gasteiger partial charge in [0.2, 0.25) is 0 Å². The molecule has 1 unspecified atom stereocenters. The zero-order valence-electron chi connectivity index (χ0n) is 16.0. The van der Waals surface area contributed by atoms with Crippen LogP contribution in [0.25, 0.3) is 0 Å². The molecule has 6 heteroatoms. The number of nitrogens with one attached hydrogen (secondary N) is 1. The Kier molecular flexibility index (Phi) is 23.3. The van der Waals surface area contributed by atoms with Crippen LogP contribution in [0, 0.1) is 0 Å². The van der Waals surface area contributed by atoms with Crippen molar-refractivity contribution in [2.45, 2.75) is 90.1 Å². The van der Waals surface area contributed by atoms with E-state index >= 15 is 0 Å². The number of carboxylic acid groups (broad SMARTS) is 1. The highest BCUT2D eigenvalue weighted by Crippen LogP contribution is 2.11. The van der Waals surface area contributed by atoms with Crippen LogP contribution in [0.15, 0.2) is 0 Å². The summed E-state index contributed by atoms with van der Waals surface area (Å²) in [5.74, 6) is -0.917. The van der Waals surface area contributed by atoms with Crippen molar-refractivity contribution < 1.29 is 19.7 Å². The molecule has 25 heavy (non-hydrogen) atoms. The van der Waals surface area contributed by atoms with Gasteiger partial charge in [-0.3, -0.25) is 4.79 Å². The molecule has 1 atom stereocenters. The van der Waals surface area contributed by atoms with E-state index in [1.165, 1.54) is 70.6 Å². The van der Waals surface area contributed by atoms with Crippen molar-refractivity contribution in [3.63, 3.8) is 0 Å². The van der Waals surface area contributed by atoms with Crippen LogP contribution in [-0.2, 0) is 9.53 Å². The third kappa shape index (κ3) is 23.6. The zero-order chi connectivity index (χ0) is 17.9. The average molecular weight is 382 g/mol. The van der Waals surface area contributed by atoms with E-state index in [1.54, 1.807) is 0 Å². The predicted molar refractivity (Wildman–Crippen MR) is 106 cm³/mol. The number of rotatable bonds is 19. The Hall–Kier alpha value is -0.360. The van der Waals surface area contributed by atoms with Crippen molar-refractivity contribution in [2.24, 2.45) is 0 Å². The fourth-order valence-electron chi connectivity index (χ4n) is 2.67. The molecule has 3 N–H and O–H groups in total. The SMILES string of the molecule is CCCCCCCCCCCCCCOCC(O)CNCC(=O)O.Cl. The first kappa shape index (κ1) is 26.9. The van der Waals surface area contributed by atoms with Crippen molar-refractivity contribution in [1.29, 1.82) is 0 Å². The minimum Gasteiger partial charge on any atom is -0.480 e. The number of halogens is 1. The number of carboxylic acids is 1. The topological polar surface area (TPSA) is 78.8 Å². The predicted octanol–water partition coefficient (Wildman–Crippen LogP) is 4.16. The second-order valence-corrected chi connectivity index (χ2v) is 6.64. The van der Waals surface area contributed by atoms with Gasteiger partial charge in [-0.1, -0.05) is 77.6 Å². The second kappa shape index (κ2) is 21.7. The van der Waals surface area contributed by atoms with Crippen LogP contribution in [0.5, 0.6) is 0 Å². The van der Waals surface area contributed by atoms with Crippen LogP contribution in [0.4, 0.5) is 0 Å². The maximum atomic E-state index is 10.3. The van der Waals surface area contributed by atoms with E-state index in [0.29, 0.717) is 6.61 Å². The minimum atomic E-state index is -0.917. The van der Waals surface area contributed by atoms with Gasteiger partial charge in [-0.15, -0.1) is 12.4 Å². The van der Waals surface area contributed by atoms with Crippen LogP contribution < -0.4 is 5.32 Å². The van der Waals surface area contributed by atoms with Gasteiger partial charge in [-0.2, -0.15) is 0 Å². The highest BCUT2D eigenvalue weighted by atomic mass is 35.5. The fourth-order valence-corrected chi connectivity index (χ4v) is 2.67. The van der Waals surface area contributed by atoms with E-state index in [9.17, 15) is 9.90 Å². The highest BCUT2D eigenvalue weighted by Gasteiger charge is 2.04. The Bertz CT molecular complexity index is 280. The van der Waals surface area contributed by atoms with E-state index < -0.39 is 12.1 Å². The minimum absolute atomic E-state index is 0. The molecule has 0 aliphatic rings. The van der Waals surface area contributed by atoms with Crippen LogP contribution in [-0.4, -0.2) is 48.6 Å². The molecule has 0 radical (unpaired) electrons. The number of hydrogen-bond donors (Lipinski definition) is 3. The Morgan fingerprint density at radius 1 is 0.920 bits per heavy atom. The van der Waals surface area contributed by atoms with Crippen LogP contribution in [0.3, 0.4) is 0 Å². The van der Waals surface area contributed by atoms with E-state index in [1.807, 2.05) is 0 Å². The van der Waals surface area contributed by atoms with E-state index in [-0.39, 0.29) is 32.1 Å². The van der Waals surface area contributed by atoms with E-state index in [0.717, 1.165) is 6.42 Å². The Labute approximate surface area is 160 Å². The molecule has 0 saturated heterocycles. The van der Waals surface area contributed by atoms with E-state index in [4.69, 9.17) is 9.84 Å². The molecule has 0 aromatic heterocycles. The Morgan fingerprint density at radius 3 is 1.88 bits per heavy atom. The number of carbonyl (C=O) groups is 1. The lowest BCUT2D eigenvalue weighted by molar-refractivity contribution is -0.136. The molecule has 0 rings (SSSR count). The fraction of sp³-hybridized carbons (Fsp3) is 0.947. The summed E-state index contributed by atoms with van der Waals surface area (Å²) in [7, 11) is 0. The van der Waals surface area contributed by atoms with Crippen LogP contribution in [0.2, 0.25) is 0 Å². The summed E-state index contributed by atoms with van der Waals surface area (Å²) in [6.45, 7) is 3.32. The quantitative estimate of drug-likeness (QED) is 0.293. The van der Waals surface area contributed by atoms with Crippen LogP contribution in [0.1, 0.15) is 84.0 Å². The third-order valence-corrected chi connectivity index (χ3v) is 4.11. The number of aliphatic hydroxyl groups is 1. The van der Waals surface area contributed by atoms with Gasteiger partial charge in [-0.25, -0.2) is 0 Å². The van der Waals surface area contributed by atoms with Gasteiger partial charge in [0, 0.05) is 13.2 Å². The average Bonchev–Trinajstić information content (AvgIpc) is 2.55. The van der Waals surface area contributed by atoms with Gasteiger partial charge >= 0.3 is 5.97 Å². The van der Waals surface area contributed by atoms with Gasteiger partial charge in [0.25, 0.3) is 0 Å². The monoisotopic (exact) mass is 381 g/mol. The number of hydrogen-bond acceptors (Lipinski definition) is 4. The molecule has 0 aromatic rings. The third-order valence-electron chi connectivity index (χ3n) is 4.11. The number of aliphatic hydroxyl groups excluding tert-OH is 1. The molecule has 152 valence electrons. The first-order valence-corrected chi connectivity index (χ1v) is 9.85. The Balaban J connectivity index is 0. The molecule has 0 bridgehead atoms. The molecule has 0 fully saturated rings. The summed E-state index contributed by atoms with van der Waals surface area (Å²) in [5.41, 5.74) is 0. The number of aliphatic carboxylic acids is 1. The van der Waals surface area contributed by atoms with Gasteiger partial charge in [0.15, 0.2) is 0 Å². The maximum absolute atomic E-state index is 10.3. The van der Waals surface area contributed by atoms with Crippen LogP contribution >= 0.6 is 12.4 Å². The zero-order valence-corrected chi connectivity index (χ0v) is 16.8. The molecule has 0 saturated carbocycles. The smallest absolute Gasteiger partial charge is 0.317 e. The first-order valence-electron chi connectivity index (χ1n) is 9.85. The molecule has 0 aliphatic carbocycles. The van der Waals surface area contributed by atoms with Gasteiger partial charge in [0.1, 0.15) is 0 Å². The molecule has 5 nitrogen and oxygen atoms in total. The lowest BCUT2D eigenvalue weighted by Crippen LogP contribution is -2.33. The molecular formula is C19H40ClNO4. The molecule has 0 heterocycles. The van der Waals surface area contributed by atoms with Gasteiger partial charge in [0.05, 0.1) is 19.3 Å². The number of ether oxygens (including phenoxy) is 1. The summed E-state index contributed by atoms with van der Waals surface area (Å²) in [5, 5.41) is 20.7. The summed E-state index contributed by atoms with van der Waals surface area (Å²) in [6.07, 6.45) is 15.2. The standard InChI is InChI=1S/C19H39NO4.ClH/c1-2-3-4-5-6-7-8-9-10-11-12-13-14-24-17-18(21)15-20-16-19(22)23;/h18,20-21H,2-17H2,1H3,(H,22,23);1H. The highest BCUT2D eigenvalue weighted by molar-refractivity contribution is 5.85. The normalized spacial score (nSPS) is 11.9.